The Morgan fingerprint density at radius 3 is 2.56 bits per heavy atom. The fourth-order valence-electron chi connectivity index (χ4n) is 3.03. The van der Waals surface area contributed by atoms with Crippen LogP contribution in [0, 0.1) is 0 Å². The van der Waals surface area contributed by atoms with E-state index in [1.54, 1.807) is 0 Å². The Balaban J connectivity index is 1.82. The minimum Gasteiger partial charge on any atom is -0.392 e. The second kappa shape index (κ2) is 6.48. The molecular weight excluding hydrogens is 246 g/mol. The van der Waals surface area contributed by atoms with Crippen molar-refractivity contribution in [2.24, 2.45) is 5.73 Å². The SMILES string of the molecule is NC(=S)C1CCCCN1CC(=O)NC1CCCC1. The second-order valence-electron chi connectivity index (χ2n) is 5.43. The van der Waals surface area contributed by atoms with Crippen LogP contribution in [0.15, 0.2) is 0 Å². The summed E-state index contributed by atoms with van der Waals surface area (Å²) in [4.78, 5) is 14.7. The van der Waals surface area contributed by atoms with E-state index in [0.717, 1.165) is 38.6 Å². The monoisotopic (exact) mass is 269 g/mol. The first-order chi connectivity index (χ1) is 8.66. The molecule has 4 nitrogen and oxygen atoms in total. The van der Waals surface area contributed by atoms with Crippen LogP contribution in [0.5, 0.6) is 0 Å². The molecule has 0 aromatic carbocycles. The smallest absolute Gasteiger partial charge is 0.234 e. The summed E-state index contributed by atoms with van der Waals surface area (Å²) in [5, 5.41) is 3.12. The maximum atomic E-state index is 12.0. The number of rotatable bonds is 4. The molecule has 0 bridgehead atoms. The van der Waals surface area contributed by atoms with Crippen molar-refractivity contribution in [1.29, 1.82) is 0 Å². The molecule has 1 amide bonds. The van der Waals surface area contributed by atoms with Crippen LogP contribution in [0.1, 0.15) is 44.9 Å². The minimum absolute atomic E-state index is 0.114. The average Bonchev–Trinajstić information content (AvgIpc) is 2.82. The zero-order chi connectivity index (χ0) is 13.0. The standard InChI is InChI=1S/C13H23N3OS/c14-13(18)11-7-3-4-8-16(11)9-12(17)15-10-5-1-2-6-10/h10-11H,1-9H2,(H2,14,18)(H,15,17). The Morgan fingerprint density at radius 2 is 1.89 bits per heavy atom. The maximum Gasteiger partial charge on any atom is 0.234 e. The van der Waals surface area contributed by atoms with Gasteiger partial charge < -0.3 is 11.1 Å². The first-order valence-electron chi connectivity index (χ1n) is 6.99. The molecule has 0 aromatic rings. The molecule has 1 atom stereocenters. The lowest BCUT2D eigenvalue weighted by Gasteiger charge is -2.34. The van der Waals surface area contributed by atoms with Gasteiger partial charge in [-0.25, -0.2) is 0 Å². The Hall–Kier alpha value is -0.680. The number of nitrogens with two attached hydrogens (primary N) is 1. The van der Waals surface area contributed by atoms with Gasteiger partial charge in [-0.05, 0) is 32.2 Å². The van der Waals surface area contributed by atoms with Crippen molar-refractivity contribution in [3.8, 4) is 0 Å². The lowest BCUT2D eigenvalue weighted by atomic mass is 10.0. The topological polar surface area (TPSA) is 58.4 Å². The highest BCUT2D eigenvalue weighted by molar-refractivity contribution is 7.80. The zero-order valence-electron chi connectivity index (χ0n) is 10.9. The number of carbonyl (C=O) groups is 1. The highest BCUT2D eigenvalue weighted by atomic mass is 32.1. The third-order valence-electron chi connectivity index (χ3n) is 4.01. The van der Waals surface area contributed by atoms with Crippen molar-refractivity contribution in [3.63, 3.8) is 0 Å². The van der Waals surface area contributed by atoms with Gasteiger partial charge in [0.1, 0.15) is 0 Å². The lowest BCUT2D eigenvalue weighted by Crippen LogP contribution is -2.51. The number of thiocarbonyl (C=S) groups is 1. The molecule has 0 spiro atoms. The lowest BCUT2D eigenvalue weighted by molar-refractivity contribution is -0.123. The van der Waals surface area contributed by atoms with Crippen molar-refractivity contribution in [2.75, 3.05) is 13.1 Å². The Labute approximate surface area is 114 Å². The molecule has 5 heteroatoms. The summed E-state index contributed by atoms with van der Waals surface area (Å²) in [6.45, 7) is 1.37. The molecule has 1 unspecified atom stereocenters. The molecule has 2 rings (SSSR count). The predicted molar refractivity (Wildman–Crippen MR) is 76.4 cm³/mol. The van der Waals surface area contributed by atoms with Crippen LogP contribution in [0.4, 0.5) is 0 Å². The first kappa shape index (κ1) is 13.7. The summed E-state index contributed by atoms with van der Waals surface area (Å²) in [5.41, 5.74) is 5.75. The molecule has 1 aliphatic carbocycles. The van der Waals surface area contributed by atoms with Gasteiger partial charge in [0.05, 0.1) is 17.6 Å². The number of likely N-dealkylation sites (tertiary alicyclic amines) is 1. The van der Waals surface area contributed by atoms with E-state index < -0.39 is 0 Å². The number of nitrogens with one attached hydrogen (secondary N) is 1. The minimum atomic E-state index is 0.114. The molecule has 1 heterocycles. The van der Waals surface area contributed by atoms with E-state index in [1.165, 1.54) is 12.8 Å². The number of carbonyl (C=O) groups excluding carboxylic acids is 1. The van der Waals surface area contributed by atoms with Gasteiger partial charge in [0, 0.05) is 6.04 Å². The van der Waals surface area contributed by atoms with Gasteiger partial charge in [-0.15, -0.1) is 0 Å². The second-order valence-corrected chi connectivity index (χ2v) is 5.90. The van der Waals surface area contributed by atoms with Gasteiger partial charge in [-0.1, -0.05) is 31.5 Å². The van der Waals surface area contributed by atoms with Crippen molar-refractivity contribution in [3.05, 3.63) is 0 Å². The molecule has 0 radical (unpaired) electrons. The third kappa shape index (κ3) is 3.65. The van der Waals surface area contributed by atoms with Gasteiger partial charge in [0.2, 0.25) is 5.91 Å². The number of hydrogen-bond donors (Lipinski definition) is 2. The Morgan fingerprint density at radius 1 is 1.22 bits per heavy atom. The predicted octanol–water partition coefficient (Wildman–Crippen LogP) is 1.19. The largest absolute Gasteiger partial charge is 0.392 e. The number of hydrogen-bond acceptors (Lipinski definition) is 3. The fourth-order valence-corrected chi connectivity index (χ4v) is 3.30. The molecular formula is C13H23N3OS. The summed E-state index contributed by atoms with van der Waals surface area (Å²) >= 11 is 5.09. The van der Waals surface area contributed by atoms with Crippen molar-refractivity contribution < 1.29 is 4.79 Å². The summed E-state index contributed by atoms with van der Waals surface area (Å²) in [6.07, 6.45) is 8.02. The summed E-state index contributed by atoms with van der Waals surface area (Å²) in [5.74, 6) is 0.130. The van der Waals surface area contributed by atoms with Gasteiger partial charge in [-0.3, -0.25) is 9.69 Å². The highest BCUT2D eigenvalue weighted by Crippen LogP contribution is 2.19. The van der Waals surface area contributed by atoms with Gasteiger partial charge in [0.25, 0.3) is 0 Å². The van der Waals surface area contributed by atoms with Crippen molar-refractivity contribution >= 4 is 23.1 Å². The van der Waals surface area contributed by atoms with E-state index in [9.17, 15) is 4.79 Å². The zero-order valence-corrected chi connectivity index (χ0v) is 11.7. The van der Waals surface area contributed by atoms with Crippen LogP contribution in [0.2, 0.25) is 0 Å². The number of amides is 1. The molecule has 1 saturated heterocycles. The molecule has 102 valence electrons. The normalized spacial score (nSPS) is 26.1. The van der Waals surface area contributed by atoms with Crippen LogP contribution in [0.25, 0.3) is 0 Å². The third-order valence-corrected chi connectivity index (χ3v) is 4.28. The first-order valence-corrected chi connectivity index (χ1v) is 7.40. The van der Waals surface area contributed by atoms with E-state index in [2.05, 4.69) is 10.2 Å². The van der Waals surface area contributed by atoms with E-state index >= 15 is 0 Å². The Kier molecular flexibility index (Phi) is 4.95. The highest BCUT2D eigenvalue weighted by Gasteiger charge is 2.27. The van der Waals surface area contributed by atoms with E-state index in [1.807, 2.05) is 0 Å². The molecule has 0 aromatic heterocycles. The van der Waals surface area contributed by atoms with Gasteiger partial charge in [0.15, 0.2) is 0 Å². The molecule has 1 aliphatic heterocycles. The number of nitrogens with zero attached hydrogens (tertiary/aromatic N) is 1. The van der Waals surface area contributed by atoms with Crippen molar-refractivity contribution in [1.82, 2.24) is 10.2 Å². The van der Waals surface area contributed by atoms with E-state index in [4.69, 9.17) is 18.0 Å². The summed E-state index contributed by atoms with van der Waals surface area (Å²) in [7, 11) is 0. The van der Waals surface area contributed by atoms with Crippen LogP contribution in [-0.2, 0) is 4.79 Å². The fraction of sp³-hybridized carbons (Fsp3) is 0.846. The molecule has 18 heavy (non-hydrogen) atoms. The Bertz CT molecular complexity index is 315. The van der Waals surface area contributed by atoms with Crippen molar-refractivity contribution in [2.45, 2.75) is 57.0 Å². The van der Waals surface area contributed by atoms with E-state index in [0.29, 0.717) is 17.6 Å². The van der Waals surface area contributed by atoms with E-state index in [-0.39, 0.29) is 11.9 Å². The summed E-state index contributed by atoms with van der Waals surface area (Å²) in [6, 6.07) is 0.508. The van der Waals surface area contributed by atoms with Gasteiger partial charge in [-0.2, -0.15) is 0 Å². The van der Waals surface area contributed by atoms with Crippen LogP contribution in [-0.4, -0.2) is 41.0 Å². The average molecular weight is 269 g/mol. The van der Waals surface area contributed by atoms with Gasteiger partial charge >= 0.3 is 0 Å². The maximum absolute atomic E-state index is 12.0. The number of piperidine rings is 1. The van der Waals surface area contributed by atoms with Crippen LogP contribution in [0.3, 0.4) is 0 Å². The molecule has 1 saturated carbocycles. The van der Waals surface area contributed by atoms with Crippen LogP contribution < -0.4 is 11.1 Å². The summed E-state index contributed by atoms with van der Waals surface area (Å²) < 4.78 is 0. The van der Waals surface area contributed by atoms with Crippen LogP contribution >= 0.6 is 12.2 Å². The quantitative estimate of drug-likeness (QED) is 0.753. The molecule has 2 aliphatic rings. The molecule has 2 fully saturated rings. The molecule has 3 N–H and O–H groups in total.